The smallest absolute Gasteiger partial charge is 0.329 e. The molecule has 3 rings (SSSR count). The number of alkyl halides is 3. The Balaban J connectivity index is 1.90. The van der Waals surface area contributed by atoms with Gasteiger partial charge in [-0.1, -0.05) is 16.8 Å². The summed E-state index contributed by atoms with van der Waals surface area (Å²) in [4.78, 5) is 15.5. The first-order valence-corrected chi connectivity index (χ1v) is 10.0. The van der Waals surface area contributed by atoms with E-state index in [9.17, 15) is 26.6 Å². The second kappa shape index (κ2) is 7.56. The van der Waals surface area contributed by atoms with E-state index >= 15 is 0 Å². The fourth-order valence-electron chi connectivity index (χ4n) is 2.24. The highest BCUT2D eigenvalue weighted by Crippen LogP contribution is 2.29. The molecule has 1 amide bonds. The van der Waals surface area contributed by atoms with Gasteiger partial charge in [-0.05, 0) is 42.5 Å². The molecule has 0 aliphatic heterocycles. The van der Waals surface area contributed by atoms with Crippen molar-refractivity contribution in [2.45, 2.75) is 11.1 Å². The summed E-state index contributed by atoms with van der Waals surface area (Å²) in [7, 11) is -3.27. The minimum atomic E-state index is -4.78. The number of carbonyl (C=O) groups excluding carboxylic acids is 1. The summed E-state index contributed by atoms with van der Waals surface area (Å²) in [5.41, 5.74) is -0.231. The molecule has 0 saturated carbocycles. The first kappa shape index (κ1) is 20.9. The predicted molar refractivity (Wildman–Crippen MR) is 95.2 cm³/mol. The van der Waals surface area contributed by atoms with Crippen LogP contribution in [0.25, 0.3) is 11.4 Å². The Bertz CT molecular complexity index is 1200. The van der Waals surface area contributed by atoms with Crippen LogP contribution in [0.15, 0.2) is 56.2 Å². The minimum absolute atomic E-state index is 0.0852. The van der Waals surface area contributed by atoms with Gasteiger partial charge in [-0.3, -0.25) is 4.79 Å². The molecule has 6 nitrogen and oxygen atoms in total. The highest BCUT2D eigenvalue weighted by molar-refractivity contribution is 7.93. The van der Waals surface area contributed by atoms with Gasteiger partial charge in [-0.15, -0.1) is 0 Å². The van der Waals surface area contributed by atoms with Gasteiger partial charge in [0, 0.05) is 21.7 Å². The number of carbonyl (C=O) groups is 1. The molecule has 0 N–H and O–H groups in total. The van der Waals surface area contributed by atoms with Crippen LogP contribution in [0.1, 0.15) is 16.2 Å². The molecule has 2 aromatic carbocycles. The third-order valence-electron chi connectivity index (χ3n) is 3.64. The molecule has 29 heavy (non-hydrogen) atoms. The normalized spacial score (nSPS) is 13.7. The van der Waals surface area contributed by atoms with E-state index in [1.807, 2.05) is 0 Å². The van der Waals surface area contributed by atoms with Crippen LogP contribution in [-0.2, 0) is 15.9 Å². The van der Waals surface area contributed by atoms with Crippen molar-refractivity contribution >= 4 is 27.2 Å². The van der Waals surface area contributed by atoms with Crippen molar-refractivity contribution in [3.8, 4) is 11.4 Å². The van der Waals surface area contributed by atoms with Crippen LogP contribution in [0.3, 0.4) is 0 Å². The lowest BCUT2D eigenvalue weighted by molar-refractivity contribution is -0.159. The van der Waals surface area contributed by atoms with E-state index in [2.05, 4.69) is 19.0 Å². The van der Waals surface area contributed by atoms with Crippen LogP contribution in [0.2, 0.25) is 5.02 Å². The molecular weight excluding hydrogens is 438 g/mol. The zero-order valence-corrected chi connectivity index (χ0v) is 16.0. The molecular formula is C17H10ClF4N3O3S. The largest absolute Gasteiger partial charge is 0.471 e. The Morgan fingerprint density at radius 2 is 1.83 bits per heavy atom. The summed E-state index contributed by atoms with van der Waals surface area (Å²) >= 11 is 5.62. The van der Waals surface area contributed by atoms with E-state index < -0.39 is 39.1 Å². The molecule has 1 atom stereocenters. The third-order valence-corrected chi connectivity index (χ3v) is 5.53. The van der Waals surface area contributed by atoms with Crippen LogP contribution in [0.5, 0.6) is 0 Å². The summed E-state index contributed by atoms with van der Waals surface area (Å²) in [5, 5.41) is 3.33. The average molecular weight is 448 g/mol. The zero-order chi connectivity index (χ0) is 21.4. The molecule has 12 heteroatoms. The monoisotopic (exact) mass is 447 g/mol. The van der Waals surface area contributed by atoms with Gasteiger partial charge in [0.05, 0.1) is 15.3 Å². The standard InChI is InChI=1S/C17H10ClF4N3O3S/c1-29(27,25-15(26)12-7-4-10(18)8-13(12)19)11-5-2-9(3-6-11)14-23-16(28-24-14)17(20,21)22/h2-8H,1H3. The quantitative estimate of drug-likeness (QED) is 0.536. The molecule has 0 saturated heterocycles. The number of hydrogen-bond acceptors (Lipinski definition) is 5. The number of halogens is 5. The Morgan fingerprint density at radius 3 is 2.38 bits per heavy atom. The van der Waals surface area contributed by atoms with Crippen molar-refractivity contribution in [1.29, 1.82) is 0 Å². The molecule has 0 aliphatic rings. The second-order valence-electron chi connectivity index (χ2n) is 5.77. The maximum Gasteiger partial charge on any atom is 0.471 e. The van der Waals surface area contributed by atoms with Gasteiger partial charge in [-0.2, -0.15) is 22.5 Å². The molecule has 0 aliphatic carbocycles. The van der Waals surface area contributed by atoms with Gasteiger partial charge < -0.3 is 4.52 Å². The molecule has 1 aromatic heterocycles. The summed E-state index contributed by atoms with van der Waals surface area (Å²) in [5.74, 6) is -3.76. The van der Waals surface area contributed by atoms with Gasteiger partial charge in [0.15, 0.2) is 0 Å². The maximum atomic E-state index is 13.8. The third kappa shape index (κ3) is 4.62. The predicted octanol–water partition coefficient (Wildman–Crippen LogP) is 4.85. The second-order valence-corrected chi connectivity index (χ2v) is 8.46. The van der Waals surface area contributed by atoms with Crippen LogP contribution in [0.4, 0.5) is 17.6 Å². The van der Waals surface area contributed by atoms with Crippen molar-refractivity contribution in [1.82, 2.24) is 10.1 Å². The number of amides is 1. The number of benzene rings is 2. The highest BCUT2D eigenvalue weighted by atomic mass is 35.5. The molecule has 1 unspecified atom stereocenters. The van der Waals surface area contributed by atoms with E-state index in [1.165, 1.54) is 36.6 Å². The SMILES string of the molecule is CS(=O)(=NC(=O)c1ccc(Cl)cc1F)c1ccc(-c2noc(C(F)(F)F)n2)cc1. The van der Waals surface area contributed by atoms with Crippen molar-refractivity contribution in [3.63, 3.8) is 0 Å². The topological polar surface area (TPSA) is 85.4 Å². The number of rotatable bonds is 3. The average Bonchev–Trinajstić information content (AvgIpc) is 3.12. The molecule has 0 radical (unpaired) electrons. The summed E-state index contributed by atoms with van der Waals surface area (Å²) in [6, 6.07) is 8.51. The lowest BCUT2D eigenvalue weighted by atomic mass is 10.2. The number of aromatic nitrogens is 2. The van der Waals surface area contributed by atoms with Gasteiger partial charge >= 0.3 is 12.1 Å². The summed E-state index contributed by atoms with van der Waals surface area (Å²) < 4.78 is 72.0. The van der Waals surface area contributed by atoms with E-state index in [0.717, 1.165) is 12.1 Å². The molecule has 0 spiro atoms. The summed E-state index contributed by atoms with van der Waals surface area (Å²) in [6.45, 7) is 0. The van der Waals surface area contributed by atoms with Crippen LogP contribution < -0.4 is 0 Å². The fraction of sp³-hybridized carbons (Fsp3) is 0.118. The van der Waals surface area contributed by atoms with Crippen molar-refractivity contribution < 1.29 is 31.1 Å². The van der Waals surface area contributed by atoms with E-state index in [4.69, 9.17) is 11.6 Å². The van der Waals surface area contributed by atoms with Crippen molar-refractivity contribution in [3.05, 3.63) is 64.8 Å². The van der Waals surface area contributed by atoms with Crippen molar-refractivity contribution in [2.24, 2.45) is 4.36 Å². The maximum absolute atomic E-state index is 13.8. The van der Waals surface area contributed by atoms with E-state index in [1.54, 1.807) is 0 Å². The van der Waals surface area contributed by atoms with Gasteiger partial charge in [0.1, 0.15) is 5.82 Å². The Morgan fingerprint density at radius 1 is 1.17 bits per heavy atom. The molecule has 0 bridgehead atoms. The van der Waals surface area contributed by atoms with Crippen LogP contribution >= 0.6 is 11.6 Å². The Labute approximate surface area is 166 Å². The number of hydrogen-bond donors (Lipinski definition) is 0. The van der Waals surface area contributed by atoms with E-state index in [0.29, 0.717) is 0 Å². The Kier molecular flexibility index (Phi) is 5.46. The van der Waals surface area contributed by atoms with Gasteiger partial charge in [0.2, 0.25) is 5.82 Å². The van der Waals surface area contributed by atoms with Crippen LogP contribution in [0, 0.1) is 5.82 Å². The fourth-order valence-corrected chi connectivity index (χ4v) is 3.56. The highest BCUT2D eigenvalue weighted by Gasteiger charge is 2.38. The summed E-state index contributed by atoms with van der Waals surface area (Å²) in [6.07, 6.45) is -3.61. The van der Waals surface area contributed by atoms with Crippen molar-refractivity contribution in [2.75, 3.05) is 6.26 Å². The molecule has 0 fully saturated rings. The Hall–Kier alpha value is -2.79. The van der Waals surface area contributed by atoms with Gasteiger partial charge in [-0.25, -0.2) is 8.60 Å². The first-order chi connectivity index (χ1) is 13.5. The van der Waals surface area contributed by atoms with Crippen LogP contribution in [-0.4, -0.2) is 26.5 Å². The zero-order valence-electron chi connectivity index (χ0n) is 14.4. The lowest BCUT2D eigenvalue weighted by Crippen LogP contribution is -2.06. The van der Waals surface area contributed by atoms with Gasteiger partial charge in [0.25, 0.3) is 5.91 Å². The lowest BCUT2D eigenvalue weighted by Gasteiger charge is -2.05. The number of nitrogens with zero attached hydrogens (tertiary/aromatic N) is 3. The minimum Gasteiger partial charge on any atom is -0.329 e. The molecule has 152 valence electrons. The molecule has 3 aromatic rings. The molecule has 1 heterocycles. The first-order valence-electron chi connectivity index (χ1n) is 7.70. The van der Waals surface area contributed by atoms with E-state index in [-0.39, 0.29) is 21.3 Å².